The van der Waals surface area contributed by atoms with E-state index in [9.17, 15) is 13.5 Å². The van der Waals surface area contributed by atoms with E-state index in [1.54, 1.807) is 19.1 Å². The van der Waals surface area contributed by atoms with Crippen LogP contribution in [0.3, 0.4) is 0 Å². The summed E-state index contributed by atoms with van der Waals surface area (Å²) in [5.41, 5.74) is 0.713. The van der Waals surface area contributed by atoms with Crippen molar-refractivity contribution in [1.29, 1.82) is 0 Å². The number of hydrogen-bond acceptors (Lipinski definition) is 4. The van der Waals surface area contributed by atoms with Crippen molar-refractivity contribution in [3.05, 3.63) is 29.8 Å². The van der Waals surface area contributed by atoms with Crippen LogP contribution in [0.5, 0.6) is 0 Å². The smallest absolute Gasteiger partial charge is 0.240 e. The fourth-order valence-corrected chi connectivity index (χ4v) is 4.41. The maximum absolute atomic E-state index is 12.1. The first-order valence-electron chi connectivity index (χ1n) is 6.38. The van der Waals surface area contributed by atoms with Gasteiger partial charge < -0.3 is 5.11 Å². The van der Waals surface area contributed by atoms with Crippen molar-refractivity contribution in [3.63, 3.8) is 0 Å². The third-order valence-corrected chi connectivity index (χ3v) is 6.04. The SMILES string of the molecule is CC(O)c1ccc(S(=O)(=O)NCC2CCCS2)cc1. The number of thioether (sulfide) groups is 1. The van der Waals surface area contributed by atoms with Crippen molar-refractivity contribution < 1.29 is 13.5 Å². The summed E-state index contributed by atoms with van der Waals surface area (Å²) in [5.74, 6) is 1.12. The second-order valence-corrected chi connectivity index (χ2v) is 7.91. The highest BCUT2D eigenvalue weighted by Gasteiger charge is 2.20. The summed E-state index contributed by atoms with van der Waals surface area (Å²) in [6.07, 6.45) is 1.66. The second kappa shape index (κ2) is 6.26. The van der Waals surface area contributed by atoms with Crippen LogP contribution in [-0.4, -0.2) is 31.1 Å². The van der Waals surface area contributed by atoms with Crippen molar-refractivity contribution in [2.45, 2.75) is 36.0 Å². The molecule has 0 amide bonds. The topological polar surface area (TPSA) is 66.4 Å². The Hall–Kier alpha value is -0.560. The van der Waals surface area contributed by atoms with Gasteiger partial charge in [0.05, 0.1) is 11.0 Å². The molecule has 0 aliphatic carbocycles. The molecule has 0 bridgehead atoms. The summed E-state index contributed by atoms with van der Waals surface area (Å²) in [5, 5.41) is 9.79. The summed E-state index contributed by atoms with van der Waals surface area (Å²) < 4.78 is 26.8. The molecule has 0 saturated carbocycles. The molecule has 1 aliphatic rings. The van der Waals surface area contributed by atoms with Gasteiger partial charge in [-0.25, -0.2) is 13.1 Å². The summed E-state index contributed by atoms with van der Waals surface area (Å²) in [6, 6.07) is 6.35. The molecule has 0 radical (unpaired) electrons. The predicted octanol–water partition coefficient (Wildman–Crippen LogP) is 1.91. The van der Waals surface area contributed by atoms with Gasteiger partial charge in [-0.1, -0.05) is 12.1 Å². The highest BCUT2D eigenvalue weighted by molar-refractivity contribution is 8.00. The molecule has 1 saturated heterocycles. The van der Waals surface area contributed by atoms with Crippen LogP contribution in [0.25, 0.3) is 0 Å². The van der Waals surface area contributed by atoms with Crippen molar-refractivity contribution in [1.82, 2.24) is 4.72 Å². The first-order valence-corrected chi connectivity index (χ1v) is 8.91. The van der Waals surface area contributed by atoms with Crippen LogP contribution >= 0.6 is 11.8 Å². The Bertz CT molecular complexity index is 505. The van der Waals surface area contributed by atoms with Crippen molar-refractivity contribution in [2.75, 3.05) is 12.3 Å². The molecule has 2 N–H and O–H groups in total. The van der Waals surface area contributed by atoms with E-state index in [0.717, 1.165) is 12.2 Å². The van der Waals surface area contributed by atoms with Gasteiger partial charge in [-0.15, -0.1) is 0 Å². The Morgan fingerprint density at radius 3 is 2.63 bits per heavy atom. The van der Waals surface area contributed by atoms with E-state index < -0.39 is 16.1 Å². The van der Waals surface area contributed by atoms with Gasteiger partial charge in [0.2, 0.25) is 10.0 Å². The van der Waals surface area contributed by atoms with Gasteiger partial charge in [0, 0.05) is 11.8 Å². The largest absolute Gasteiger partial charge is 0.389 e. The zero-order valence-corrected chi connectivity index (χ0v) is 12.5. The molecule has 1 aromatic rings. The number of rotatable bonds is 5. The molecule has 106 valence electrons. The molecule has 1 fully saturated rings. The molecule has 1 aliphatic heterocycles. The lowest BCUT2D eigenvalue weighted by atomic mass is 10.1. The Kier molecular flexibility index (Phi) is 4.89. The van der Waals surface area contributed by atoms with Gasteiger partial charge in [-0.2, -0.15) is 11.8 Å². The van der Waals surface area contributed by atoms with Crippen molar-refractivity contribution >= 4 is 21.8 Å². The van der Waals surface area contributed by atoms with E-state index in [2.05, 4.69) is 4.72 Å². The zero-order chi connectivity index (χ0) is 13.9. The van der Waals surface area contributed by atoms with Crippen LogP contribution in [0.2, 0.25) is 0 Å². The fourth-order valence-electron chi connectivity index (χ4n) is 2.02. The van der Waals surface area contributed by atoms with E-state index in [0.29, 0.717) is 17.4 Å². The summed E-state index contributed by atoms with van der Waals surface area (Å²) in [4.78, 5) is 0.250. The number of benzene rings is 1. The molecule has 6 heteroatoms. The number of sulfonamides is 1. The molecule has 0 spiro atoms. The maximum Gasteiger partial charge on any atom is 0.240 e. The van der Waals surface area contributed by atoms with Crippen LogP contribution in [0.4, 0.5) is 0 Å². The molecule has 2 unspecified atom stereocenters. The Balaban J connectivity index is 2.01. The predicted molar refractivity (Wildman–Crippen MR) is 77.7 cm³/mol. The average molecular weight is 301 g/mol. The third-order valence-electron chi connectivity index (χ3n) is 3.20. The van der Waals surface area contributed by atoms with Crippen LogP contribution in [0.15, 0.2) is 29.2 Å². The minimum absolute atomic E-state index is 0.250. The lowest BCUT2D eigenvalue weighted by Gasteiger charge is -2.11. The molecule has 1 aromatic carbocycles. The highest BCUT2D eigenvalue weighted by atomic mass is 32.2. The molecular weight excluding hydrogens is 282 g/mol. The van der Waals surface area contributed by atoms with Crippen LogP contribution in [-0.2, 0) is 10.0 Å². The van der Waals surface area contributed by atoms with E-state index in [4.69, 9.17) is 0 Å². The second-order valence-electron chi connectivity index (χ2n) is 4.73. The zero-order valence-electron chi connectivity index (χ0n) is 10.9. The van der Waals surface area contributed by atoms with Crippen LogP contribution in [0.1, 0.15) is 31.4 Å². The lowest BCUT2D eigenvalue weighted by molar-refractivity contribution is 0.199. The Labute approximate surface area is 118 Å². The monoisotopic (exact) mass is 301 g/mol. The molecule has 1 heterocycles. The molecule has 19 heavy (non-hydrogen) atoms. The van der Waals surface area contributed by atoms with E-state index in [1.807, 2.05) is 11.8 Å². The van der Waals surface area contributed by atoms with Crippen molar-refractivity contribution in [3.8, 4) is 0 Å². The van der Waals surface area contributed by atoms with Gasteiger partial charge in [0.15, 0.2) is 0 Å². The van der Waals surface area contributed by atoms with E-state index in [-0.39, 0.29) is 4.90 Å². The first-order chi connectivity index (χ1) is 8.99. The van der Waals surface area contributed by atoms with Gasteiger partial charge in [0.25, 0.3) is 0 Å². The Morgan fingerprint density at radius 2 is 2.11 bits per heavy atom. The number of nitrogens with one attached hydrogen (secondary N) is 1. The van der Waals surface area contributed by atoms with Crippen LogP contribution in [0, 0.1) is 0 Å². The molecule has 2 atom stereocenters. The first kappa shape index (κ1) is 14.8. The van der Waals surface area contributed by atoms with Crippen LogP contribution < -0.4 is 4.72 Å². The van der Waals surface area contributed by atoms with Gasteiger partial charge in [-0.3, -0.25) is 0 Å². The summed E-state index contributed by atoms with van der Waals surface area (Å²) in [6.45, 7) is 2.14. The quantitative estimate of drug-likeness (QED) is 0.872. The fraction of sp³-hybridized carbons (Fsp3) is 0.538. The van der Waals surface area contributed by atoms with Gasteiger partial charge in [-0.05, 0) is 43.2 Å². The molecular formula is C13H19NO3S2. The van der Waals surface area contributed by atoms with Crippen molar-refractivity contribution in [2.24, 2.45) is 0 Å². The highest BCUT2D eigenvalue weighted by Crippen LogP contribution is 2.25. The number of hydrogen-bond donors (Lipinski definition) is 2. The number of aliphatic hydroxyl groups excluding tert-OH is 1. The lowest BCUT2D eigenvalue weighted by Crippen LogP contribution is -2.29. The molecule has 0 aromatic heterocycles. The number of aliphatic hydroxyl groups is 1. The van der Waals surface area contributed by atoms with E-state index >= 15 is 0 Å². The van der Waals surface area contributed by atoms with Gasteiger partial charge in [0.1, 0.15) is 0 Å². The average Bonchev–Trinajstić information content (AvgIpc) is 2.90. The van der Waals surface area contributed by atoms with E-state index in [1.165, 1.54) is 18.6 Å². The third kappa shape index (κ3) is 3.95. The molecule has 2 rings (SSSR count). The molecule has 4 nitrogen and oxygen atoms in total. The minimum Gasteiger partial charge on any atom is -0.389 e. The normalized spacial score (nSPS) is 21.5. The summed E-state index contributed by atoms with van der Waals surface area (Å²) >= 11 is 1.82. The summed E-state index contributed by atoms with van der Waals surface area (Å²) in [7, 11) is -3.44. The Morgan fingerprint density at radius 1 is 1.42 bits per heavy atom. The van der Waals surface area contributed by atoms with Gasteiger partial charge >= 0.3 is 0 Å². The standard InChI is InChI=1S/C13H19NO3S2/c1-10(15)11-4-6-13(7-5-11)19(16,17)14-9-12-3-2-8-18-12/h4-7,10,12,14-15H,2-3,8-9H2,1H3. The maximum atomic E-state index is 12.1. The minimum atomic E-state index is -3.44.